The molecule has 0 spiro atoms. The van der Waals surface area contributed by atoms with Crippen LogP contribution in [0.3, 0.4) is 0 Å². The van der Waals surface area contributed by atoms with Crippen LogP contribution in [-0.2, 0) is 11.3 Å². The van der Waals surface area contributed by atoms with Gasteiger partial charge in [-0.2, -0.15) is 0 Å². The van der Waals surface area contributed by atoms with Crippen molar-refractivity contribution in [3.8, 4) is 17.6 Å². The topological polar surface area (TPSA) is 44.5 Å². The molecular formula is C17H23NO2. The van der Waals surface area contributed by atoms with Gasteiger partial charge in [0.15, 0.2) is 0 Å². The lowest BCUT2D eigenvalue weighted by Gasteiger charge is -2.12. The summed E-state index contributed by atoms with van der Waals surface area (Å²) in [7, 11) is 1.67. The van der Waals surface area contributed by atoms with Crippen LogP contribution in [0.1, 0.15) is 36.8 Å². The average molecular weight is 273 g/mol. The van der Waals surface area contributed by atoms with Gasteiger partial charge in [-0.1, -0.05) is 24.7 Å². The Labute approximate surface area is 121 Å². The summed E-state index contributed by atoms with van der Waals surface area (Å²) in [6, 6.07) is 5.88. The van der Waals surface area contributed by atoms with Gasteiger partial charge >= 0.3 is 0 Å². The van der Waals surface area contributed by atoms with Gasteiger partial charge < -0.3 is 15.2 Å². The van der Waals surface area contributed by atoms with E-state index < -0.39 is 0 Å². The fraction of sp³-hybridized carbons (Fsp3) is 0.529. The zero-order valence-corrected chi connectivity index (χ0v) is 12.2. The molecule has 0 unspecified atom stereocenters. The second-order valence-corrected chi connectivity index (χ2v) is 5.19. The second-order valence-electron chi connectivity index (χ2n) is 5.19. The maximum Gasteiger partial charge on any atom is 0.119 e. The standard InChI is InChI=1S/C17H23NO2/c1-19-17-9-8-15(7-4-10-18)16(11-17)13-20-12-14-5-2-3-6-14/h8-9,11,14H,2-3,5-6,10,12-13,18H2,1H3. The van der Waals surface area contributed by atoms with Gasteiger partial charge in [0, 0.05) is 12.2 Å². The van der Waals surface area contributed by atoms with Gasteiger partial charge in [-0.3, -0.25) is 0 Å². The van der Waals surface area contributed by atoms with Crippen molar-refractivity contribution in [2.24, 2.45) is 11.7 Å². The molecule has 3 heteroatoms. The summed E-state index contributed by atoms with van der Waals surface area (Å²) in [4.78, 5) is 0. The van der Waals surface area contributed by atoms with Crippen molar-refractivity contribution in [3.63, 3.8) is 0 Å². The highest BCUT2D eigenvalue weighted by Crippen LogP contribution is 2.25. The first-order valence-electron chi connectivity index (χ1n) is 7.27. The van der Waals surface area contributed by atoms with Crippen LogP contribution >= 0.6 is 0 Å². The Kier molecular flexibility index (Phi) is 5.91. The van der Waals surface area contributed by atoms with Crippen LogP contribution in [0.2, 0.25) is 0 Å². The fourth-order valence-electron chi connectivity index (χ4n) is 2.60. The molecule has 2 rings (SSSR count). The highest BCUT2D eigenvalue weighted by Gasteiger charge is 2.15. The van der Waals surface area contributed by atoms with Crippen LogP contribution in [0, 0.1) is 17.8 Å². The van der Waals surface area contributed by atoms with E-state index in [0.717, 1.165) is 29.4 Å². The molecule has 1 aromatic carbocycles. The maximum absolute atomic E-state index is 5.87. The van der Waals surface area contributed by atoms with E-state index in [2.05, 4.69) is 11.8 Å². The van der Waals surface area contributed by atoms with Crippen LogP contribution in [0.25, 0.3) is 0 Å². The molecule has 0 bridgehead atoms. The van der Waals surface area contributed by atoms with Crippen molar-refractivity contribution in [1.82, 2.24) is 0 Å². The van der Waals surface area contributed by atoms with E-state index in [-0.39, 0.29) is 0 Å². The van der Waals surface area contributed by atoms with Crippen LogP contribution < -0.4 is 10.5 Å². The molecule has 0 radical (unpaired) electrons. The van der Waals surface area contributed by atoms with Crippen molar-refractivity contribution >= 4 is 0 Å². The summed E-state index contributed by atoms with van der Waals surface area (Å²) in [5.41, 5.74) is 7.48. The number of nitrogens with two attached hydrogens (primary N) is 1. The molecular weight excluding hydrogens is 250 g/mol. The summed E-state index contributed by atoms with van der Waals surface area (Å²) in [5, 5.41) is 0. The molecule has 20 heavy (non-hydrogen) atoms. The number of benzene rings is 1. The Hall–Kier alpha value is -1.50. The van der Waals surface area contributed by atoms with Gasteiger partial charge in [-0.15, -0.1) is 0 Å². The Morgan fingerprint density at radius 2 is 2.10 bits per heavy atom. The van der Waals surface area contributed by atoms with Gasteiger partial charge in [-0.05, 0) is 42.5 Å². The van der Waals surface area contributed by atoms with Gasteiger partial charge in [0.2, 0.25) is 0 Å². The van der Waals surface area contributed by atoms with Crippen molar-refractivity contribution in [1.29, 1.82) is 0 Å². The predicted octanol–water partition coefficient (Wildman–Crippen LogP) is 2.71. The SMILES string of the molecule is COc1ccc(C#CCN)c(COCC2CCCC2)c1. The van der Waals surface area contributed by atoms with Gasteiger partial charge in [-0.25, -0.2) is 0 Å². The molecule has 1 aliphatic carbocycles. The van der Waals surface area contributed by atoms with Crippen molar-refractivity contribution < 1.29 is 9.47 Å². The molecule has 2 N–H and O–H groups in total. The zero-order chi connectivity index (χ0) is 14.2. The van der Waals surface area contributed by atoms with Crippen LogP contribution in [0.4, 0.5) is 0 Å². The molecule has 0 atom stereocenters. The highest BCUT2D eigenvalue weighted by molar-refractivity contribution is 5.45. The zero-order valence-electron chi connectivity index (χ0n) is 12.2. The molecule has 0 heterocycles. The third-order valence-corrected chi connectivity index (χ3v) is 3.72. The van der Waals surface area contributed by atoms with Crippen molar-refractivity contribution in [3.05, 3.63) is 29.3 Å². The lowest BCUT2D eigenvalue weighted by Crippen LogP contribution is -2.06. The van der Waals surface area contributed by atoms with E-state index >= 15 is 0 Å². The Bertz CT molecular complexity index is 481. The highest BCUT2D eigenvalue weighted by atomic mass is 16.5. The van der Waals surface area contributed by atoms with E-state index in [4.69, 9.17) is 15.2 Å². The molecule has 0 amide bonds. The Balaban J connectivity index is 1.99. The quantitative estimate of drug-likeness (QED) is 0.839. The minimum Gasteiger partial charge on any atom is -0.497 e. The summed E-state index contributed by atoms with van der Waals surface area (Å²) < 4.78 is 11.1. The van der Waals surface area contributed by atoms with E-state index in [0.29, 0.717) is 13.2 Å². The lowest BCUT2D eigenvalue weighted by molar-refractivity contribution is 0.0886. The molecule has 1 aromatic rings. The third kappa shape index (κ3) is 4.26. The fourth-order valence-corrected chi connectivity index (χ4v) is 2.60. The van der Waals surface area contributed by atoms with E-state index in [1.54, 1.807) is 7.11 Å². The largest absolute Gasteiger partial charge is 0.497 e. The van der Waals surface area contributed by atoms with Crippen LogP contribution in [0.15, 0.2) is 18.2 Å². The number of methoxy groups -OCH3 is 1. The molecule has 1 aliphatic rings. The number of hydrogen-bond donors (Lipinski definition) is 1. The summed E-state index contributed by atoms with van der Waals surface area (Å²) in [5.74, 6) is 7.56. The number of rotatable bonds is 5. The van der Waals surface area contributed by atoms with Crippen LogP contribution in [-0.4, -0.2) is 20.3 Å². The van der Waals surface area contributed by atoms with Crippen LogP contribution in [0.5, 0.6) is 5.75 Å². The van der Waals surface area contributed by atoms with E-state index in [1.807, 2.05) is 18.2 Å². The third-order valence-electron chi connectivity index (χ3n) is 3.72. The molecule has 108 valence electrons. The molecule has 0 saturated heterocycles. The predicted molar refractivity (Wildman–Crippen MR) is 80.5 cm³/mol. The normalized spacial score (nSPS) is 14.9. The van der Waals surface area contributed by atoms with E-state index in [9.17, 15) is 0 Å². The van der Waals surface area contributed by atoms with Gasteiger partial charge in [0.25, 0.3) is 0 Å². The lowest BCUT2D eigenvalue weighted by atomic mass is 10.1. The summed E-state index contributed by atoms with van der Waals surface area (Å²) in [6.45, 7) is 1.80. The first-order chi connectivity index (χ1) is 9.83. The van der Waals surface area contributed by atoms with Gasteiger partial charge in [0.05, 0.1) is 20.3 Å². The summed E-state index contributed by atoms with van der Waals surface area (Å²) >= 11 is 0. The molecule has 0 aliphatic heterocycles. The van der Waals surface area contributed by atoms with Crippen molar-refractivity contribution in [2.45, 2.75) is 32.3 Å². The average Bonchev–Trinajstić information content (AvgIpc) is 2.99. The number of ether oxygens (including phenoxy) is 2. The Morgan fingerprint density at radius 3 is 2.80 bits per heavy atom. The molecule has 0 aromatic heterocycles. The van der Waals surface area contributed by atoms with E-state index in [1.165, 1.54) is 25.7 Å². The Morgan fingerprint density at radius 1 is 1.30 bits per heavy atom. The summed E-state index contributed by atoms with van der Waals surface area (Å²) in [6.07, 6.45) is 5.30. The monoisotopic (exact) mass is 273 g/mol. The molecule has 3 nitrogen and oxygen atoms in total. The minimum absolute atomic E-state index is 0.369. The maximum atomic E-state index is 5.87. The first kappa shape index (κ1) is 14.9. The molecule has 1 fully saturated rings. The second kappa shape index (κ2) is 7.94. The first-order valence-corrected chi connectivity index (χ1v) is 7.27. The number of hydrogen-bond acceptors (Lipinski definition) is 3. The van der Waals surface area contributed by atoms with Gasteiger partial charge in [0.1, 0.15) is 5.75 Å². The minimum atomic E-state index is 0.369. The smallest absolute Gasteiger partial charge is 0.119 e. The van der Waals surface area contributed by atoms with Crippen molar-refractivity contribution in [2.75, 3.05) is 20.3 Å². The molecule has 1 saturated carbocycles.